The summed E-state index contributed by atoms with van der Waals surface area (Å²) in [5.74, 6) is 1.02. The minimum Gasteiger partial charge on any atom is -0.342 e. The van der Waals surface area contributed by atoms with Crippen molar-refractivity contribution in [3.8, 4) is 0 Å². The molecule has 0 aromatic rings. The molecule has 2 aliphatic rings. The fourth-order valence-electron chi connectivity index (χ4n) is 3.80. The Hall–Kier alpha value is -0.610. The van der Waals surface area contributed by atoms with Crippen molar-refractivity contribution in [2.24, 2.45) is 17.6 Å². The fourth-order valence-corrected chi connectivity index (χ4v) is 3.80. The number of amides is 1. The molecule has 19 heavy (non-hydrogen) atoms. The third-order valence-electron chi connectivity index (χ3n) is 4.93. The van der Waals surface area contributed by atoms with Crippen LogP contribution < -0.4 is 5.73 Å². The number of rotatable bonds is 4. The van der Waals surface area contributed by atoms with Crippen LogP contribution in [0.4, 0.5) is 0 Å². The number of carbonyl (C=O) groups excluding carboxylic acids is 1. The highest BCUT2D eigenvalue weighted by atomic mass is 16.2. The Balaban J connectivity index is 1.94. The van der Waals surface area contributed by atoms with Crippen molar-refractivity contribution in [2.75, 3.05) is 33.2 Å². The lowest BCUT2D eigenvalue weighted by Crippen LogP contribution is -2.55. The average molecular weight is 267 g/mol. The van der Waals surface area contributed by atoms with Crippen molar-refractivity contribution in [1.29, 1.82) is 0 Å². The van der Waals surface area contributed by atoms with Crippen LogP contribution in [-0.2, 0) is 4.79 Å². The van der Waals surface area contributed by atoms with E-state index in [0.29, 0.717) is 24.4 Å². The Kier molecular flexibility index (Phi) is 5.22. The van der Waals surface area contributed by atoms with E-state index in [1.807, 2.05) is 0 Å². The maximum atomic E-state index is 12.5. The summed E-state index contributed by atoms with van der Waals surface area (Å²) in [5, 5.41) is 0. The van der Waals surface area contributed by atoms with E-state index in [2.05, 4.69) is 23.8 Å². The number of nitrogens with two attached hydrogens (primary N) is 1. The Morgan fingerprint density at radius 1 is 1.37 bits per heavy atom. The van der Waals surface area contributed by atoms with Gasteiger partial charge in [-0.25, -0.2) is 0 Å². The Labute approximate surface area is 117 Å². The summed E-state index contributed by atoms with van der Waals surface area (Å²) >= 11 is 0. The first kappa shape index (κ1) is 14.8. The molecule has 4 heteroatoms. The van der Waals surface area contributed by atoms with E-state index in [1.54, 1.807) is 0 Å². The third-order valence-corrected chi connectivity index (χ3v) is 4.93. The van der Waals surface area contributed by atoms with Crippen molar-refractivity contribution >= 4 is 5.91 Å². The standard InChI is InChI=1S/C15H29N3O/c1-3-5-12(10-16)15(19)18-9-7-14-13(11-18)6-4-8-17(14)2/h12-14H,3-11,16H2,1-2H3. The van der Waals surface area contributed by atoms with Gasteiger partial charge in [0.25, 0.3) is 0 Å². The average Bonchev–Trinajstić information content (AvgIpc) is 2.44. The number of hydrogen-bond donors (Lipinski definition) is 1. The van der Waals surface area contributed by atoms with Gasteiger partial charge in [-0.3, -0.25) is 4.79 Å². The van der Waals surface area contributed by atoms with Crippen LogP contribution in [0.2, 0.25) is 0 Å². The first-order valence-corrected chi connectivity index (χ1v) is 7.86. The Morgan fingerprint density at radius 3 is 2.84 bits per heavy atom. The van der Waals surface area contributed by atoms with Gasteiger partial charge in [-0.2, -0.15) is 0 Å². The van der Waals surface area contributed by atoms with E-state index in [1.165, 1.54) is 19.4 Å². The molecule has 0 aliphatic carbocycles. The molecule has 4 nitrogen and oxygen atoms in total. The van der Waals surface area contributed by atoms with Gasteiger partial charge in [-0.05, 0) is 45.2 Å². The van der Waals surface area contributed by atoms with Crippen LogP contribution in [-0.4, -0.2) is 55.0 Å². The number of piperidine rings is 2. The molecule has 1 amide bonds. The molecule has 3 atom stereocenters. The third kappa shape index (κ3) is 3.29. The minimum absolute atomic E-state index is 0.0443. The smallest absolute Gasteiger partial charge is 0.226 e. The molecule has 0 spiro atoms. The van der Waals surface area contributed by atoms with Gasteiger partial charge in [-0.1, -0.05) is 13.3 Å². The molecular formula is C15H29N3O. The first-order valence-electron chi connectivity index (χ1n) is 7.86. The predicted octanol–water partition coefficient (Wildman–Crippen LogP) is 1.30. The lowest BCUT2D eigenvalue weighted by molar-refractivity contribution is -0.139. The van der Waals surface area contributed by atoms with Gasteiger partial charge in [-0.15, -0.1) is 0 Å². The van der Waals surface area contributed by atoms with Crippen LogP contribution in [0.25, 0.3) is 0 Å². The van der Waals surface area contributed by atoms with Crippen molar-refractivity contribution in [3.63, 3.8) is 0 Å². The molecule has 3 unspecified atom stereocenters. The van der Waals surface area contributed by atoms with Crippen LogP contribution in [0.3, 0.4) is 0 Å². The van der Waals surface area contributed by atoms with Gasteiger partial charge in [0.05, 0.1) is 5.92 Å². The zero-order chi connectivity index (χ0) is 13.8. The Morgan fingerprint density at radius 2 is 2.16 bits per heavy atom. The highest BCUT2D eigenvalue weighted by molar-refractivity contribution is 5.79. The van der Waals surface area contributed by atoms with E-state index < -0.39 is 0 Å². The van der Waals surface area contributed by atoms with Crippen LogP contribution in [0.1, 0.15) is 39.0 Å². The first-order chi connectivity index (χ1) is 9.17. The van der Waals surface area contributed by atoms with E-state index in [9.17, 15) is 4.79 Å². The summed E-state index contributed by atoms with van der Waals surface area (Å²) in [4.78, 5) is 17.1. The molecule has 0 aromatic heterocycles. The van der Waals surface area contributed by atoms with Gasteiger partial charge >= 0.3 is 0 Å². The Bertz CT molecular complexity index is 308. The molecule has 2 fully saturated rings. The summed E-state index contributed by atoms with van der Waals surface area (Å²) in [7, 11) is 2.23. The van der Waals surface area contributed by atoms with E-state index >= 15 is 0 Å². The summed E-state index contributed by atoms with van der Waals surface area (Å²) in [5.41, 5.74) is 5.76. The highest BCUT2D eigenvalue weighted by Crippen LogP contribution is 2.30. The number of nitrogens with zero attached hydrogens (tertiary/aromatic N) is 2. The molecule has 0 radical (unpaired) electrons. The summed E-state index contributed by atoms with van der Waals surface area (Å²) in [6.45, 7) is 5.71. The maximum Gasteiger partial charge on any atom is 0.226 e. The molecule has 2 N–H and O–H groups in total. The second-order valence-corrected chi connectivity index (χ2v) is 6.24. The lowest BCUT2D eigenvalue weighted by Gasteiger charge is -2.46. The fraction of sp³-hybridized carbons (Fsp3) is 0.933. The normalized spacial score (nSPS) is 29.9. The van der Waals surface area contributed by atoms with Crippen molar-refractivity contribution in [2.45, 2.75) is 45.1 Å². The van der Waals surface area contributed by atoms with Crippen LogP contribution in [0.5, 0.6) is 0 Å². The van der Waals surface area contributed by atoms with E-state index in [-0.39, 0.29) is 5.92 Å². The lowest BCUT2D eigenvalue weighted by atomic mass is 9.83. The largest absolute Gasteiger partial charge is 0.342 e. The van der Waals surface area contributed by atoms with Crippen molar-refractivity contribution < 1.29 is 4.79 Å². The molecule has 2 aliphatic heterocycles. The number of fused-ring (bicyclic) bond motifs is 1. The zero-order valence-electron chi connectivity index (χ0n) is 12.5. The number of hydrogen-bond acceptors (Lipinski definition) is 3. The molecule has 2 rings (SSSR count). The van der Waals surface area contributed by atoms with Gasteiger partial charge in [0.1, 0.15) is 0 Å². The molecule has 2 saturated heterocycles. The van der Waals surface area contributed by atoms with Crippen LogP contribution in [0, 0.1) is 11.8 Å². The van der Waals surface area contributed by atoms with E-state index in [0.717, 1.165) is 32.4 Å². The molecular weight excluding hydrogens is 238 g/mol. The van der Waals surface area contributed by atoms with Crippen molar-refractivity contribution in [3.05, 3.63) is 0 Å². The topological polar surface area (TPSA) is 49.6 Å². The molecule has 0 bridgehead atoms. The monoisotopic (exact) mass is 267 g/mol. The molecule has 110 valence electrons. The van der Waals surface area contributed by atoms with E-state index in [4.69, 9.17) is 5.73 Å². The molecule has 2 heterocycles. The second-order valence-electron chi connectivity index (χ2n) is 6.24. The summed E-state index contributed by atoms with van der Waals surface area (Å²) < 4.78 is 0. The minimum atomic E-state index is 0.0443. The molecule has 0 saturated carbocycles. The maximum absolute atomic E-state index is 12.5. The number of carbonyl (C=O) groups is 1. The summed E-state index contributed by atoms with van der Waals surface area (Å²) in [6, 6.07) is 0.695. The van der Waals surface area contributed by atoms with Gasteiger partial charge in [0, 0.05) is 25.7 Å². The zero-order valence-corrected chi connectivity index (χ0v) is 12.5. The van der Waals surface area contributed by atoms with Gasteiger partial charge < -0.3 is 15.5 Å². The predicted molar refractivity (Wildman–Crippen MR) is 77.8 cm³/mol. The highest BCUT2D eigenvalue weighted by Gasteiger charge is 2.36. The van der Waals surface area contributed by atoms with Gasteiger partial charge in [0.15, 0.2) is 0 Å². The van der Waals surface area contributed by atoms with Crippen LogP contribution >= 0.6 is 0 Å². The number of likely N-dealkylation sites (tertiary alicyclic amines) is 2. The quantitative estimate of drug-likeness (QED) is 0.835. The van der Waals surface area contributed by atoms with Crippen LogP contribution in [0.15, 0.2) is 0 Å². The summed E-state index contributed by atoms with van der Waals surface area (Å²) in [6.07, 6.45) is 5.65. The van der Waals surface area contributed by atoms with Gasteiger partial charge in [0.2, 0.25) is 5.91 Å². The molecule has 0 aromatic carbocycles. The SMILES string of the molecule is CCCC(CN)C(=O)N1CCC2C(CCCN2C)C1. The second kappa shape index (κ2) is 6.71. The van der Waals surface area contributed by atoms with Crippen molar-refractivity contribution in [1.82, 2.24) is 9.80 Å².